The van der Waals surface area contributed by atoms with Gasteiger partial charge in [-0.15, -0.1) is 0 Å². The fourth-order valence-electron chi connectivity index (χ4n) is 2.19. The molecule has 0 spiro atoms. The fraction of sp³-hybridized carbons (Fsp3) is 0.429. The van der Waals surface area contributed by atoms with E-state index in [0.717, 1.165) is 10.5 Å². The number of amides is 4. The number of ether oxygens (including phenoxy) is 2. The number of carbonyl (C=O) groups excluding carboxylic acids is 2. The molecule has 1 heterocycles. The zero-order chi connectivity index (χ0) is 15.2. The molecule has 0 radical (unpaired) electrons. The van der Waals surface area contributed by atoms with E-state index >= 15 is 0 Å². The maximum Gasteiger partial charge on any atom is 0.325 e. The number of hydrogen-bond acceptors (Lipinski definition) is 4. The molecular weight excluding hydrogens is 274 g/mol. The molecule has 4 amide bonds. The number of carbonyl (C=O) groups is 2. The zero-order valence-electron chi connectivity index (χ0n) is 12.1. The Kier molecular flexibility index (Phi) is 4.99. The minimum atomic E-state index is -0.429. The van der Waals surface area contributed by atoms with Crippen molar-refractivity contribution in [2.45, 2.75) is 6.10 Å². The predicted molar refractivity (Wildman–Crippen MR) is 76.2 cm³/mol. The van der Waals surface area contributed by atoms with E-state index in [0.29, 0.717) is 18.8 Å². The normalized spacial score (nSPS) is 15.5. The van der Waals surface area contributed by atoms with Crippen molar-refractivity contribution in [3.05, 3.63) is 29.8 Å². The third-order valence-corrected chi connectivity index (χ3v) is 3.31. The summed E-state index contributed by atoms with van der Waals surface area (Å²) in [6.07, 6.45) is -0.351. The van der Waals surface area contributed by atoms with Gasteiger partial charge in [-0.25, -0.2) is 14.5 Å². The number of rotatable bonds is 5. The highest BCUT2D eigenvalue weighted by Crippen LogP contribution is 2.26. The largest absolute Gasteiger partial charge is 0.496 e. The molecule has 0 aliphatic carbocycles. The van der Waals surface area contributed by atoms with E-state index in [4.69, 9.17) is 9.47 Å². The first-order valence-electron chi connectivity index (χ1n) is 6.66. The highest BCUT2D eigenvalue weighted by Gasteiger charge is 2.26. The van der Waals surface area contributed by atoms with Crippen LogP contribution in [0.2, 0.25) is 0 Å². The lowest BCUT2D eigenvalue weighted by Gasteiger charge is -2.20. The summed E-state index contributed by atoms with van der Waals surface area (Å²) in [5.41, 5.74) is 0.841. The molecule has 0 saturated carbocycles. The highest BCUT2D eigenvalue weighted by molar-refractivity contribution is 5.94. The van der Waals surface area contributed by atoms with Gasteiger partial charge >= 0.3 is 12.1 Å². The highest BCUT2D eigenvalue weighted by atomic mass is 16.5. The van der Waals surface area contributed by atoms with Gasteiger partial charge in [-0.05, 0) is 6.07 Å². The van der Waals surface area contributed by atoms with Crippen LogP contribution in [-0.2, 0) is 4.74 Å². The van der Waals surface area contributed by atoms with Crippen LogP contribution in [0.4, 0.5) is 9.59 Å². The first-order valence-corrected chi connectivity index (χ1v) is 6.66. The lowest BCUT2D eigenvalue weighted by atomic mass is 10.1. The maximum atomic E-state index is 11.9. The topological polar surface area (TPSA) is 79.9 Å². The summed E-state index contributed by atoms with van der Waals surface area (Å²) in [5.74, 6) is 0.692. The number of imide groups is 1. The molecule has 2 N–H and O–H groups in total. The summed E-state index contributed by atoms with van der Waals surface area (Å²) in [6.45, 7) is 1.10. The van der Waals surface area contributed by atoms with Crippen molar-refractivity contribution in [3.8, 4) is 5.75 Å². The monoisotopic (exact) mass is 293 g/mol. The summed E-state index contributed by atoms with van der Waals surface area (Å²) >= 11 is 0. The van der Waals surface area contributed by atoms with Crippen molar-refractivity contribution in [1.82, 2.24) is 15.5 Å². The number of methoxy groups -OCH3 is 2. The number of urea groups is 2. The molecule has 114 valence electrons. The van der Waals surface area contributed by atoms with Crippen molar-refractivity contribution in [3.63, 3.8) is 0 Å². The smallest absolute Gasteiger partial charge is 0.325 e. The lowest BCUT2D eigenvalue weighted by Crippen LogP contribution is -2.43. The second-order valence-electron chi connectivity index (χ2n) is 4.54. The van der Waals surface area contributed by atoms with Gasteiger partial charge in [0.1, 0.15) is 11.9 Å². The molecule has 7 nitrogen and oxygen atoms in total. The SMILES string of the molecule is COc1ccccc1[C@@H](CNC(=O)N1CCNC1=O)OC. The Hall–Kier alpha value is -2.28. The number of nitrogens with one attached hydrogen (secondary N) is 2. The van der Waals surface area contributed by atoms with Gasteiger partial charge in [0.25, 0.3) is 0 Å². The van der Waals surface area contributed by atoms with Crippen LogP contribution in [0, 0.1) is 0 Å². The Morgan fingerprint density at radius 3 is 2.81 bits per heavy atom. The van der Waals surface area contributed by atoms with Crippen LogP contribution in [-0.4, -0.2) is 50.8 Å². The molecule has 1 atom stereocenters. The average molecular weight is 293 g/mol. The predicted octanol–water partition coefficient (Wildman–Crippen LogP) is 1.12. The van der Waals surface area contributed by atoms with E-state index in [1.54, 1.807) is 14.2 Å². The minimum absolute atomic E-state index is 0.249. The Labute approximate surface area is 123 Å². The van der Waals surface area contributed by atoms with Gasteiger partial charge in [-0.1, -0.05) is 18.2 Å². The van der Waals surface area contributed by atoms with Gasteiger partial charge in [0.2, 0.25) is 0 Å². The second kappa shape index (κ2) is 6.94. The number of benzene rings is 1. The number of nitrogens with zero attached hydrogens (tertiary/aromatic N) is 1. The molecular formula is C14H19N3O4. The Morgan fingerprint density at radius 1 is 1.43 bits per heavy atom. The summed E-state index contributed by atoms with van der Waals surface area (Å²) in [4.78, 5) is 24.5. The molecule has 0 aromatic heterocycles. The summed E-state index contributed by atoms with van der Waals surface area (Å²) in [6, 6.07) is 6.64. The van der Waals surface area contributed by atoms with Crippen LogP contribution in [0.5, 0.6) is 5.75 Å². The third-order valence-electron chi connectivity index (χ3n) is 3.31. The summed E-state index contributed by atoms with van der Waals surface area (Å²) in [5, 5.41) is 5.28. The number of hydrogen-bond donors (Lipinski definition) is 2. The maximum absolute atomic E-state index is 11.9. The van der Waals surface area contributed by atoms with E-state index in [2.05, 4.69) is 10.6 Å². The molecule has 1 aliphatic heterocycles. The zero-order valence-corrected chi connectivity index (χ0v) is 12.1. The molecule has 1 saturated heterocycles. The van der Waals surface area contributed by atoms with Crippen molar-refractivity contribution in [1.29, 1.82) is 0 Å². The molecule has 21 heavy (non-hydrogen) atoms. The fourth-order valence-corrected chi connectivity index (χ4v) is 2.19. The molecule has 1 fully saturated rings. The average Bonchev–Trinajstić information content (AvgIpc) is 2.94. The van der Waals surface area contributed by atoms with Crippen LogP contribution in [0.15, 0.2) is 24.3 Å². The van der Waals surface area contributed by atoms with Gasteiger partial charge in [-0.3, -0.25) is 0 Å². The van der Waals surface area contributed by atoms with Crippen LogP contribution in [0.25, 0.3) is 0 Å². The van der Waals surface area contributed by atoms with E-state index < -0.39 is 6.03 Å². The molecule has 1 aliphatic rings. The van der Waals surface area contributed by atoms with E-state index in [1.165, 1.54) is 0 Å². The van der Waals surface area contributed by atoms with E-state index in [1.807, 2.05) is 24.3 Å². The van der Waals surface area contributed by atoms with Gasteiger partial charge in [-0.2, -0.15) is 0 Å². The molecule has 1 aromatic rings. The number of para-hydroxylation sites is 1. The molecule has 2 rings (SSSR count). The van der Waals surface area contributed by atoms with Crippen molar-refractivity contribution < 1.29 is 19.1 Å². The lowest BCUT2D eigenvalue weighted by molar-refractivity contribution is 0.0999. The second-order valence-corrected chi connectivity index (χ2v) is 4.54. The third kappa shape index (κ3) is 3.43. The summed E-state index contributed by atoms with van der Waals surface area (Å²) in [7, 11) is 3.14. The van der Waals surface area contributed by atoms with E-state index in [9.17, 15) is 9.59 Å². The Bertz CT molecular complexity index is 521. The van der Waals surface area contributed by atoms with Crippen LogP contribution < -0.4 is 15.4 Å². The van der Waals surface area contributed by atoms with Gasteiger partial charge in [0.15, 0.2) is 0 Å². The minimum Gasteiger partial charge on any atom is -0.496 e. The summed E-state index contributed by atoms with van der Waals surface area (Å²) < 4.78 is 10.7. The molecule has 7 heteroatoms. The van der Waals surface area contributed by atoms with Gasteiger partial charge in [0.05, 0.1) is 7.11 Å². The molecule has 0 unspecified atom stereocenters. The first-order chi connectivity index (χ1) is 10.2. The molecule has 0 bridgehead atoms. The van der Waals surface area contributed by atoms with Gasteiger partial charge in [0, 0.05) is 32.3 Å². The van der Waals surface area contributed by atoms with Crippen LogP contribution >= 0.6 is 0 Å². The van der Waals surface area contributed by atoms with Crippen molar-refractivity contribution in [2.24, 2.45) is 0 Å². The van der Waals surface area contributed by atoms with Crippen LogP contribution in [0.1, 0.15) is 11.7 Å². The quantitative estimate of drug-likeness (QED) is 0.852. The Morgan fingerprint density at radius 2 is 2.19 bits per heavy atom. The van der Waals surface area contributed by atoms with E-state index in [-0.39, 0.29) is 18.7 Å². The van der Waals surface area contributed by atoms with Crippen molar-refractivity contribution >= 4 is 12.1 Å². The first kappa shape index (κ1) is 15.1. The standard InChI is InChI=1S/C14H19N3O4/c1-20-11-6-4-3-5-10(11)12(21-2)9-16-14(19)17-8-7-15-13(17)18/h3-6,12H,7-9H2,1-2H3,(H,15,18)(H,16,19)/t12-/m1/s1. The Balaban J connectivity index is 1.99. The molecule has 1 aromatic carbocycles. The van der Waals surface area contributed by atoms with Gasteiger partial charge < -0.3 is 20.1 Å². The van der Waals surface area contributed by atoms with Crippen LogP contribution in [0.3, 0.4) is 0 Å². The van der Waals surface area contributed by atoms with Crippen molar-refractivity contribution in [2.75, 3.05) is 33.9 Å².